The van der Waals surface area contributed by atoms with Crippen molar-refractivity contribution in [3.63, 3.8) is 0 Å². The first kappa shape index (κ1) is 13.8. The summed E-state index contributed by atoms with van der Waals surface area (Å²) in [5, 5.41) is 8.77. The number of carbonyl (C=O) groups is 1. The van der Waals surface area contributed by atoms with Gasteiger partial charge in [-0.25, -0.2) is 0 Å². The molecule has 19 heavy (non-hydrogen) atoms. The number of carboxylic acids is 1. The molecule has 0 aliphatic carbocycles. The first-order valence-electron chi connectivity index (χ1n) is 6.90. The first-order valence-corrected chi connectivity index (χ1v) is 6.90. The molecule has 1 aliphatic heterocycles. The lowest BCUT2D eigenvalue weighted by molar-refractivity contribution is -0.138. The molecule has 0 spiro atoms. The number of rotatable bonds is 5. The van der Waals surface area contributed by atoms with E-state index in [0.717, 1.165) is 32.5 Å². The van der Waals surface area contributed by atoms with Crippen molar-refractivity contribution in [2.24, 2.45) is 5.92 Å². The average molecular weight is 259 g/mol. The molecule has 1 aromatic carbocycles. The van der Waals surface area contributed by atoms with Gasteiger partial charge in [0, 0.05) is 13.0 Å². The SMILES string of the molecule is O=C(O)CC1CCN(C/C=C/c2ccccc2)CC1. The van der Waals surface area contributed by atoms with Gasteiger partial charge in [0.2, 0.25) is 0 Å². The molecular weight excluding hydrogens is 238 g/mol. The first-order chi connectivity index (χ1) is 9.24. The molecule has 0 bridgehead atoms. The van der Waals surface area contributed by atoms with Gasteiger partial charge < -0.3 is 5.11 Å². The minimum atomic E-state index is -0.664. The van der Waals surface area contributed by atoms with Gasteiger partial charge in [-0.05, 0) is 37.4 Å². The van der Waals surface area contributed by atoms with Crippen LogP contribution in [0.1, 0.15) is 24.8 Å². The van der Waals surface area contributed by atoms with Gasteiger partial charge >= 0.3 is 5.97 Å². The summed E-state index contributed by atoms with van der Waals surface area (Å²) in [6, 6.07) is 10.3. The van der Waals surface area contributed by atoms with Crippen molar-refractivity contribution in [2.45, 2.75) is 19.3 Å². The summed E-state index contributed by atoms with van der Waals surface area (Å²) in [6.45, 7) is 2.98. The number of hydrogen-bond donors (Lipinski definition) is 1. The number of nitrogens with zero attached hydrogens (tertiary/aromatic N) is 1. The van der Waals surface area contributed by atoms with E-state index in [2.05, 4.69) is 29.2 Å². The van der Waals surface area contributed by atoms with Gasteiger partial charge in [-0.3, -0.25) is 9.69 Å². The molecule has 1 N–H and O–H groups in total. The van der Waals surface area contributed by atoms with Gasteiger partial charge in [0.15, 0.2) is 0 Å². The summed E-state index contributed by atoms with van der Waals surface area (Å²) in [6.07, 6.45) is 6.67. The summed E-state index contributed by atoms with van der Waals surface area (Å²) in [5.74, 6) is -0.297. The molecule has 0 aromatic heterocycles. The molecule has 102 valence electrons. The fourth-order valence-electron chi connectivity index (χ4n) is 2.52. The molecule has 0 atom stereocenters. The number of piperidine rings is 1. The zero-order valence-electron chi connectivity index (χ0n) is 11.2. The lowest BCUT2D eigenvalue weighted by Gasteiger charge is -2.30. The van der Waals surface area contributed by atoms with Crippen LogP contribution >= 0.6 is 0 Å². The van der Waals surface area contributed by atoms with Gasteiger partial charge in [0.25, 0.3) is 0 Å². The Hall–Kier alpha value is -1.61. The van der Waals surface area contributed by atoms with Gasteiger partial charge in [0.05, 0.1) is 0 Å². The van der Waals surface area contributed by atoms with Crippen molar-refractivity contribution < 1.29 is 9.90 Å². The highest BCUT2D eigenvalue weighted by atomic mass is 16.4. The van der Waals surface area contributed by atoms with Gasteiger partial charge in [-0.15, -0.1) is 0 Å². The molecule has 1 fully saturated rings. The van der Waals surface area contributed by atoms with Gasteiger partial charge in [-0.1, -0.05) is 42.5 Å². The van der Waals surface area contributed by atoms with Crippen molar-refractivity contribution in [1.82, 2.24) is 4.90 Å². The van der Waals surface area contributed by atoms with Crippen LogP contribution < -0.4 is 0 Å². The van der Waals surface area contributed by atoms with Crippen LogP contribution in [0.15, 0.2) is 36.4 Å². The Morgan fingerprint density at radius 2 is 1.95 bits per heavy atom. The average Bonchev–Trinajstić information content (AvgIpc) is 2.41. The summed E-state index contributed by atoms with van der Waals surface area (Å²) in [4.78, 5) is 13.0. The van der Waals surface area contributed by atoms with Crippen LogP contribution in [0.5, 0.6) is 0 Å². The van der Waals surface area contributed by atoms with Crippen LogP contribution in [0.4, 0.5) is 0 Å². The van der Waals surface area contributed by atoms with E-state index in [1.54, 1.807) is 0 Å². The summed E-state index contributed by atoms with van der Waals surface area (Å²) in [7, 11) is 0. The molecule has 3 nitrogen and oxygen atoms in total. The Bertz CT molecular complexity index is 420. The predicted octanol–water partition coefficient (Wildman–Crippen LogP) is 2.89. The predicted molar refractivity (Wildman–Crippen MR) is 76.9 cm³/mol. The van der Waals surface area contributed by atoms with Crippen molar-refractivity contribution in [3.8, 4) is 0 Å². The Kier molecular flexibility index (Phi) is 5.16. The Morgan fingerprint density at radius 1 is 1.26 bits per heavy atom. The quantitative estimate of drug-likeness (QED) is 0.884. The lowest BCUT2D eigenvalue weighted by Crippen LogP contribution is -2.34. The number of carboxylic acid groups (broad SMARTS) is 1. The monoisotopic (exact) mass is 259 g/mol. The van der Waals surface area contributed by atoms with E-state index < -0.39 is 5.97 Å². The molecule has 3 heteroatoms. The number of likely N-dealkylation sites (tertiary alicyclic amines) is 1. The van der Waals surface area contributed by atoms with Crippen molar-refractivity contribution in [1.29, 1.82) is 0 Å². The van der Waals surface area contributed by atoms with E-state index in [4.69, 9.17) is 5.11 Å². The third-order valence-corrected chi connectivity index (χ3v) is 3.64. The molecule has 1 saturated heterocycles. The smallest absolute Gasteiger partial charge is 0.303 e. The number of aliphatic carboxylic acids is 1. The fourth-order valence-corrected chi connectivity index (χ4v) is 2.52. The van der Waals surface area contributed by atoms with Crippen LogP contribution in [0, 0.1) is 5.92 Å². The van der Waals surface area contributed by atoms with Crippen LogP contribution in [0.3, 0.4) is 0 Å². The maximum Gasteiger partial charge on any atom is 0.303 e. The van der Waals surface area contributed by atoms with Gasteiger partial charge in [0.1, 0.15) is 0 Å². The van der Waals surface area contributed by atoms with E-state index >= 15 is 0 Å². The van der Waals surface area contributed by atoms with Crippen LogP contribution in [-0.4, -0.2) is 35.6 Å². The molecule has 1 aromatic rings. The molecule has 1 aliphatic rings. The third-order valence-electron chi connectivity index (χ3n) is 3.64. The molecule has 0 saturated carbocycles. The zero-order valence-corrected chi connectivity index (χ0v) is 11.2. The highest BCUT2D eigenvalue weighted by Crippen LogP contribution is 2.20. The topological polar surface area (TPSA) is 40.5 Å². The van der Waals surface area contributed by atoms with E-state index in [-0.39, 0.29) is 0 Å². The second-order valence-corrected chi connectivity index (χ2v) is 5.15. The maximum atomic E-state index is 10.7. The zero-order chi connectivity index (χ0) is 13.5. The standard InChI is InChI=1S/C16H21NO2/c18-16(19)13-15-8-11-17(12-9-15)10-4-7-14-5-2-1-3-6-14/h1-7,15H,8-13H2,(H,18,19)/b7-4+. The van der Waals surface area contributed by atoms with Crippen molar-refractivity contribution >= 4 is 12.0 Å². The Morgan fingerprint density at radius 3 is 2.58 bits per heavy atom. The molecule has 2 rings (SSSR count). The van der Waals surface area contributed by atoms with Crippen LogP contribution in [0.25, 0.3) is 6.08 Å². The largest absolute Gasteiger partial charge is 0.481 e. The minimum absolute atomic E-state index is 0.327. The molecular formula is C16H21NO2. The highest BCUT2D eigenvalue weighted by Gasteiger charge is 2.20. The van der Waals surface area contributed by atoms with E-state index in [0.29, 0.717) is 12.3 Å². The van der Waals surface area contributed by atoms with Crippen LogP contribution in [0.2, 0.25) is 0 Å². The molecule has 0 unspecified atom stereocenters. The number of hydrogen-bond acceptors (Lipinski definition) is 2. The van der Waals surface area contributed by atoms with Crippen LogP contribution in [-0.2, 0) is 4.79 Å². The second kappa shape index (κ2) is 7.10. The summed E-state index contributed by atoms with van der Waals surface area (Å²) < 4.78 is 0. The Balaban J connectivity index is 1.71. The second-order valence-electron chi connectivity index (χ2n) is 5.15. The lowest BCUT2D eigenvalue weighted by atomic mass is 9.94. The highest BCUT2D eigenvalue weighted by molar-refractivity contribution is 5.67. The van der Waals surface area contributed by atoms with Gasteiger partial charge in [-0.2, -0.15) is 0 Å². The van der Waals surface area contributed by atoms with Crippen molar-refractivity contribution in [3.05, 3.63) is 42.0 Å². The minimum Gasteiger partial charge on any atom is -0.481 e. The summed E-state index contributed by atoms with van der Waals surface area (Å²) in [5.41, 5.74) is 1.23. The molecule has 0 radical (unpaired) electrons. The third kappa shape index (κ3) is 4.87. The maximum absolute atomic E-state index is 10.7. The number of benzene rings is 1. The Labute approximate surface area is 114 Å². The molecule has 0 amide bonds. The summed E-state index contributed by atoms with van der Waals surface area (Å²) >= 11 is 0. The van der Waals surface area contributed by atoms with Crippen molar-refractivity contribution in [2.75, 3.05) is 19.6 Å². The van der Waals surface area contributed by atoms with E-state index in [9.17, 15) is 4.79 Å². The fraction of sp³-hybridized carbons (Fsp3) is 0.438. The van der Waals surface area contributed by atoms with E-state index in [1.807, 2.05) is 18.2 Å². The van der Waals surface area contributed by atoms with E-state index in [1.165, 1.54) is 5.56 Å². The molecule has 1 heterocycles. The normalized spacial score (nSPS) is 17.9.